The first-order chi connectivity index (χ1) is 13.3. The number of aromatic amines is 1. The fourth-order valence-electron chi connectivity index (χ4n) is 4.30. The number of fused-ring (bicyclic) bond motifs is 3. The first-order valence-corrected chi connectivity index (χ1v) is 9.80. The smallest absolute Gasteiger partial charge is 0.0760 e. The Bertz CT molecular complexity index is 1070. The predicted molar refractivity (Wildman–Crippen MR) is 112 cm³/mol. The van der Waals surface area contributed by atoms with Crippen LogP contribution in [0.15, 0.2) is 78.9 Å². The molecule has 0 radical (unpaired) electrons. The molecule has 0 amide bonds. The van der Waals surface area contributed by atoms with Gasteiger partial charge in [0.1, 0.15) is 0 Å². The van der Waals surface area contributed by atoms with Gasteiger partial charge in [-0.2, -0.15) is 0 Å². The average molecular weight is 373 g/mol. The van der Waals surface area contributed by atoms with Crippen molar-refractivity contribution in [1.82, 2.24) is 9.88 Å². The molecule has 3 aromatic carbocycles. The summed E-state index contributed by atoms with van der Waals surface area (Å²) in [4.78, 5) is 6.29. The molecule has 1 aliphatic heterocycles. The number of hydrogen-bond acceptors (Lipinski definition) is 1. The zero-order valence-corrected chi connectivity index (χ0v) is 15.8. The van der Waals surface area contributed by atoms with Crippen molar-refractivity contribution in [2.45, 2.75) is 19.0 Å². The van der Waals surface area contributed by atoms with E-state index in [1.165, 1.54) is 33.3 Å². The maximum absolute atomic E-state index is 6.16. The lowest BCUT2D eigenvalue weighted by Gasteiger charge is -2.36. The standard InChI is InChI=1S/C24H21ClN2/c25-19-12-10-18(11-13-19)24-23-21(20-8-4-5-9-22(20)26-23)14-15-27(24)16-17-6-2-1-3-7-17/h1-13,24,26H,14-16H2. The van der Waals surface area contributed by atoms with Crippen molar-refractivity contribution in [1.29, 1.82) is 0 Å². The van der Waals surface area contributed by atoms with Crippen LogP contribution >= 0.6 is 11.6 Å². The van der Waals surface area contributed by atoms with Crippen LogP contribution < -0.4 is 0 Å². The fraction of sp³-hybridized carbons (Fsp3) is 0.167. The molecule has 1 atom stereocenters. The monoisotopic (exact) mass is 372 g/mol. The van der Waals surface area contributed by atoms with Gasteiger partial charge in [-0.05, 0) is 41.3 Å². The number of hydrogen-bond donors (Lipinski definition) is 1. The third-order valence-corrected chi connectivity index (χ3v) is 5.80. The van der Waals surface area contributed by atoms with E-state index >= 15 is 0 Å². The summed E-state index contributed by atoms with van der Waals surface area (Å²) < 4.78 is 0. The molecule has 1 unspecified atom stereocenters. The van der Waals surface area contributed by atoms with Gasteiger partial charge in [-0.15, -0.1) is 0 Å². The molecule has 3 heteroatoms. The Morgan fingerprint density at radius 3 is 2.44 bits per heavy atom. The van der Waals surface area contributed by atoms with E-state index in [4.69, 9.17) is 11.6 Å². The summed E-state index contributed by atoms with van der Waals surface area (Å²) >= 11 is 6.16. The second-order valence-corrected chi connectivity index (χ2v) is 7.66. The van der Waals surface area contributed by atoms with Crippen molar-refractivity contribution < 1.29 is 0 Å². The zero-order chi connectivity index (χ0) is 18.2. The van der Waals surface area contributed by atoms with Crippen molar-refractivity contribution in [2.24, 2.45) is 0 Å². The molecular formula is C24H21ClN2. The number of para-hydroxylation sites is 1. The number of benzene rings is 3. The van der Waals surface area contributed by atoms with Gasteiger partial charge in [-0.25, -0.2) is 0 Å². The third-order valence-electron chi connectivity index (χ3n) is 5.55. The normalized spacial score (nSPS) is 17.1. The second-order valence-electron chi connectivity index (χ2n) is 7.22. The summed E-state index contributed by atoms with van der Waals surface area (Å²) in [5.41, 5.74) is 6.62. The number of rotatable bonds is 3. The van der Waals surface area contributed by atoms with Crippen LogP contribution in [0.5, 0.6) is 0 Å². The summed E-state index contributed by atoms with van der Waals surface area (Å²) in [5.74, 6) is 0. The maximum Gasteiger partial charge on any atom is 0.0760 e. The molecular weight excluding hydrogens is 352 g/mol. The van der Waals surface area contributed by atoms with E-state index in [9.17, 15) is 0 Å². The van der Waals surface area contributed by atoms with Crippen LogP contribution in [-0.2, 0) is 13.0 Å². The van der Waals surface area contributed by atoms with Crippen molar-refractivity contribution >= 4 is 22.5 Å². The highest BCUT2D eigenvalue weighted by Gasteiger charge is 2.31. The molecule has 0 spiro atoms. The molecule has 0 bridgehead atoms. The Morgan fingerprint density at radius 2 is 1.63 bits per heavy atom. The molecule has 5 rings (SSSR count). The molecule has 27 heavy (non-hydrogen) atoms. The lowest BCUT2D eigenvalue weighted by Crippen LogP contribution is -2.35. The average Bonchev–Trinajstić information content (AvgIpc) is 3.08. The summed E-state index contributed by atoms with van der Waals surface area (Å²) in [5, 5.41) is 2.13. The highest BCUT2D eigenvalue weighted by atomic mass is 35.5. The summed E-state index contributed by atoms with van der Waals surface area (Å²) in [6.45, 7) is 1.97. The summed E-state index contributed by atoms with van der Waals surface area (Å²) in [7, 11) is 0. The zero-order valence-electron chi connectivity index (χ0n) is 15.0. The van der Waals surface area contributed by atoms with Gasteiger partial charge in [-0.3, -0.25) is 4.90 Å². The van der Waals surface area contributed by atoms with Crippen LogP contribution in [0.2, 0.25) is 5.02 Å². The molecule has 1 aliphatic rings. The van der Waals surface area contributed by atoms with E-state index in [2.05, 4.69) is 76.6 Å². The Balaban J connectivity index is 1.62. The molecule has 0 fully saturated rings. The van der Waals surface area contributed by atoms with Gasteiger partial charge in [0.15, 0.2) is 0 Å². The van der Waals surface area contributed by atoms with E-state index in [0.29, 0.717) is 0 Å². The first kappa shape index (κ1) is 16.6. The molecule has 2 nitrogen and oxygen atoms in total. The molecule has 1 aromatic heterocycles. The van der Waals surface area contributed by atoms with Crippen molar-refractivity contribution in [3.63, 3.8) is 0 Å². The minimum absolute atomic E-state index is 0.207. The molecule has 0 saturated heterocycles. The number of nitrogens with zero attached hydrogens (tertiary/aromatic N) is 1. The number of nitrogens with one attached hydrogen (secondary N) is 1. The molecule has 2 heterocycles. The highest BCUT2D eigenvalue weighted by molar-refractivity contribution is 6.30. The molecule has 0 saturated carbocycles. The molecule has 134 valence electrons. The van der Waals surface area contributed by atoms with Gasteiger partial charge < -0.3 is 4.98 Å². The Labute approximate surface area is 164 Å². The van der Waals surface area contributed by atoms with E-state index in [1.807, 2.05) is 12.1 Å². The topological polar surface area (TPSA) is 19.0 Å². The van der Waals surface area contributed by atoms with Crippen molar-refractivity contribution in [3.8, 4) is 0 Å². The van der Waals surface area contributed by atoms with Gasteiger partial charge in [-0.1, -0.05) is 72.3 Å². The molecule has 0 aliphatic carbocycles. The van der Waals surface area contributed by atoms with Crippen molar-refractivity contribution in [2.75, 3.05) is 6.54 Å². The number of H-pyrrole nitrogens is 1. The Hall–Kier alpha value is -2.55. The Kier molecular flexibility index (Phi) is 4.23. The Morgan fingerprint density at radius 1 is 0.889 bits per heavy atom. The van der Waals surface area contributed by atoms with E-state index in [1.54, 1.807) is 0 Å². The van der Waals surface area contributed by atoms with Gasteiger partial charge in [0.05, 0.1) is 6.04 Å². The van der Waals surface area contributed by atoms with Gasteiger partial charge in [0.2, 0.25) is 0 Å². The second kappa shape index (κ2) is 6.88. The van der Waals surface area contributed by atoms with Crippen LogP contribution in [0.1, 0.15) is 28.4 Å². The first-order valence-electron chi connectivity index (χ1n) is 9.42. The largest absolute Gasteiger partial charge is 0.357 e. The molecule has 1 N–H and O–H groups in total. The van der Waals surface area contributed by atoms with E-state index in [0.717, 1.165) is 24.5 Å². The summed E-state index contributed by atoms with van der Waals surface area (Å²) in [6.07, 6.45) is 1.07. The predicted octanol–water partition coefficient (Wildman–Crippen LogP) is 5.97. The minimum Gasteiger partial charge on any atom is -0.357 e. The van der Waals surface area contributed by atoms with Crippen LogP contribution in [-0.4, -0.2) is 16.4 Å². The van der Waals surface area contributed by atoms with Gasteiger partial charge in [0, 0.05) is 34.7 Å². The fourth-order valence-corrected chi connectivity index (χ4v) is 4.43. The van der Waals surface area contributed by atoms with Crippen molar-refractivity contribution in [3.05, 3.63) is 106 Å². The quantitative estimate of drug-likeness (QED) is 0.469. The van der Waals surface area contributed by atoms with E-state index in [-0.39, 0.29) is 6.04 Å². The van der Waals surface area contributed by atoms with Gasteiger partial charge >= 0.3 is 0 Å². The third kappa shape index (κ3) is 3.05. The number of halogens is 1. The maximum atomic E-state index is 6.16. The highest BCUT2D eigenvalue weighted by Crippen LogP contribution is 2.39. The van der Waals surface area contributed by atoms with Gasteiger partial charge in [0.25, 0.3) is 0 Å². The minimum atomic E-state index is 0.207. The van der Waals surface area contributed by atoms with Crippen LogP contribution in [0.4, 0.5) is 0 Å². The lowest BCUT2D eigenvalue weighted by atomic mass is 9.92. The SMILES string of the molecule is Clc1ccc(C2c3[nH]c4ccccc4c3CCN2Cc2ccccc2)cc1. The lowest BCUT2D eigenvalue weighted by molar-refractivity contribution is 0.202. The summed E-state index contributed by atoms with van der Waals surface area (Å²) in [6, 6.07) is 27.9. The van der Waals surface area contributed by atoms with Crippen LogP contribution in [0.25, 0.3) is 10.9 Å². The van der Waals surface area contributed by atoms with E-state index < -0.39 is 0 Å². The van der Waals surface area contributed by atoms with Crippen LogP contribution in [0.3, 0.4) is 0 Å². The van der Waals surface area contributed by atoms with Crippen LogP contribution in [0, 0.1) is 0 Å². The molecule has 4 aromatic rings. The number of aromatic nitrogens is 1.